The predicted octanol–water partition coefficient (Wildman–Crippen LogP) is 1.27. The zero-order chi connectivity index (χ0) is 8.10. The van der Waals surface area contributed by atoms with Gasteiger partial charge in [0.15, 0.2) is 5.11 Å². The maximum Gasteiger partial charge on any atom is 0.166 e. The summed E-state index contributed by atoms with van der Waals surface area (Å²) in [5.41, 5.74) is 0. The van der Waals surface area contributed by atoms with Gasteiger partial charge in [-0.3, -0.25) is 0 Å². The molecule has 0 saturated heterocycles. The first-order valence-electron chi connectivity index (χ1n) is 4.28. The normalized spacial score (nSPS) is 18.3. The first-order valence-corrected chi connectivity index (χ1v) is 4.69. The smallest absolute Gasteiger partial charge is 0.166 e. The van der Waals surface area contributed by atoms with Crippen LogP contribution in [0.25, 0.3) is 0 Å². The van der Waals surface area contributed by atoms with E-state index in [1.54, 1.807) is 0 Å². The van der Waals surface area contributed by atoms with E-state index < -0.39 is 0 Å². The van der Waals surface area contributed by atoms with Crippen LogP contribution in [0.5, 0.6) is 0 Å². The Hall–Kier alpha value is -0.310. The fourth-order valence-corrected chi connectivity index (χ4v) is 1.62. The summed E-state index contributed by atoms with van der Waals surface area (Å²) >= 11 is 4.97. The summed E-state index contributed by atoms with van der Waals surface area (Å²) in [6.45, 7) is 1.06. The molecule has 0 atom stereocenters. The number of thiocarbonyl (C=S) groups is 1. The molecule has 0 bridgehead atoms. The van der Waals surface area contributed by atoms with Crippen molar-refractivity contribution in [3.63, 3.8) is 0 Å². The molecule has 0 aromatic carbocycles. The maximum atomic E-state index is 4.97. The standard InChI is InChI=1S/C8H16N2S/c1-9-8(11)10-6-7-4-2-3-5-7/h7H,2-6H2,1H3,(H2,9,10,11). The van der Waals surface area contributed by atoms with Gasteiger partial charge in [-0.1, -0.05) is 12.8 Å². The molecule has 1 fully saturated rings. The molecule has 0 aromatic heterocycles. The third-order valence-corrected chi connectivity index (χ3v) is 2.60. The summed E-state index contributed by atoms with van der Waals surface area (Å²) in [6.07, 6.45) is 5.55. The van der Waals surface area contributed by atoms with Gasteiger partial charge in [-0.15, -0.1) is 0 Å². The monoisotopic (exact) mass is 172 g/mol. The predicted molar refractivity (Wildman–Crippen MR) is 51.6 cm³/mol. The molecule has 3 heteroatoms. The molecule has 1 saturated carbocycles. The lowest BCUT2D eigenvalue weighted by Crippen LogP contribution is -2.35. The average Bonchev–Trinajstić information content (AvgIpc) is 2.52. The minimum atomic E-state index is 0.775. The van der Waals surface area contributed by atoms with Gasteiger partial charge in [0, 0.05) is 13.6 Å². The molecule has 0 radical (unpaired) electrons. The third-order valence-electron chi connectivity index (χ3n) is 2.25. The van der Waals surface area contributed by atoms with Gasteiger partial charge in [0.25, 0.3) is 0 Å². The number of rotatable bonds is 2. The fourth-order valence-electron chi connectivity index (χ4n) is 1.54. The number of nitrogens with one attached hydrogen (secondary N) is 2. The second-order valence-corrected chi connectivity index (χ2v) is 3.52. The summed E-state index contributed by atoms with van der Waals surface area (Å²) in [7, 11) is 1.85. The molecule has 0 amide bonds. The Morgan fingerprint density at radius 3 is 2.64 bits per heavy atom. The molecule has 0 spiro atoms. The maximum absolute atomic E-state index is 4.97. The molecule has 64 valence electrons. The van der Waals surface area contributed by atoms with Crippen LogP contribution in [0.2, 0.25) is 0 Å². The van der Waals surface area contributed by atoms with Crippen LogP contribution in [-0.4, -0.2) is 18.7 Å². The first-order chi connectivity index (χ1) is 5.33. The Kier molecular flexibility index (Phi) is 3.63. The Morgan fingerprint density at radius 2 is 2.09 bits per heavy atom. The van der Waals surface area contributed by atoms with E-state index in [1.165, 1.54) is 25.7 Å². The van der Waals surface area contributed by atoms with E-state index in [9.17, 15) is 0 Å². The highest BCUT2D eigenvalue weighted by Crippen LogP contribution is 2.23. The summed E-state index contributed by atoms with van der Waals surface area (Å²) < 4.78 is 0. The Bertz CT molecular complexity index is 130. The van der Waals surface area contributed by atoms with E-state index in [1.807, 2.05) is 7.05 Å². The van der Waals surface area contributed by atoms with Crippen LogP contribution < -0.4 is 10.6 Å². The average molecular weight is 172 g/mol. The van der Waals surface area contributed by atoms with E-state index in [4.69, 9.17) is 12.2 Å². The Morgan fingerprint density at radius 1 is 1.45 bits per heavy atom. The van der Waals surface area contributed by atoms with Crippen molar-refractivity contribution in [2.75, 3.05) is 13.6 Å². The van der Waals surface area contributed by atoms with E-state index in [0.29, 0.717) is 0 Å². The van der Waals surface area contributed by atoms with Crippen molar-refractivity contribution in [1.29, 1.82) is 0 Å². The molecule has 0 unspecified atom stereocenters. The molecule has 1 aliphatic rings. The van der Waals surface area contributed by atoms with Crippen LogP contribution in [-0.2, 0) is 0 Å². The van der Waals surface area contributed by atoms with Gasteiger partial charge in [0.05, 0.1) is 0 Å². The molecule has 0 heterocycles. The van der Waals surface area contributed by atoms with Crippen molar-refractivity contribution in [2.45, 2.75) is 25.7 Å². The largest absolute Gasteiger partial charge is 0.366 e. The van der Waals surface area contributed by atoms with Crippen LogP contribution >= 0.6 is 12.2 Å². The first kappa shape index (κ1) is 8.78. The van der Waals surface area contributed by atoms with Crippen LogP contribution in [0.1, 0.15) is 25.7 Å². The van der Waals surface area contributed by atoms with Gasteiger partial charge in [0.2, 0.25) is 0 Å². The Labute approximate surface area is 73.7 Å². The highest BCUT2D eigenvalue weighted by molar-refractivity contribution is 7.80. The van der Waals surface area contributed by atoms with E-state index in [0.717, 1.165) is 17.6 Å². The SMILES string of the molecule is CNC(=S)NCC1CCCC1. The summed E-state index contributed by atoms with van der Waals surface area (Å²) in [5, 5.41) is 6.88. The molecular formula is C8H16N2S. The van der Waals surface area contributed by atoms with Gasteiger partial charge >= 0.3 is 0 Å². The second-order valence-electron chi connectivity index (χ2n) is 3.11. The highest BCUT2D eigenvalue weighted by Gasteiger charge is 2.14. The zero-order valence-corrected chi connectivity index (χ0v) is 7.84. The quantitative estimate of drug-likeness (QED) is 0.613. The highest BCUT2D eigenvalue weighted by atomic mass is 32.1. The van der Waals surface area contributed by atoms with Gasteiger partial charge in [0.1, 0.15) is 0 Å². The van der Waals surface area contributed by atoms with E-state index >= 15 is 0 Å². The summed E-state index contributed by atoms with van der Waals surface area (Å²) in [5.74, 6) is 0.862. The van der Waals surface area contributed by atoms with Gasteiger partial charge in [-0.2, -0.15) is 0 Å². The van der Waals surface area contributed by atoms with E-state index in [2.05, 4.69) is 10.6 Å². The molecule has 1 aliphatic carbocycles. The fraction of sp³-hybridized carbons (Fsp3) is 0.875. The molecule has 2 nitrogen and oxygen atoms in total. The lowest BCUT2D eigenvalue weighted by atomic mass is 10.1. The van der Waals surface area contributed by atoms with Crippen molar-refractivity contribution >= 4 is 17.3 Å². The summed E-state index contributed by atoms with van der Waals surface area (Å²) in [4.78, 5) is 0. The molecule has 2 N–H and O–H groups in total. The van der Waals surface area contributed by atoms with Crippen molar-refractivity contribution in [3.05, 3.63) is 0 Å². The van der Waals surface area contributed by atoms with Gasteiger partial charge in [-0.25, -0.2) is 0 Å². The van der Waals surface area contributed by atoms with Gasteiger partial charge in [-0.05, 0) is 31.0 Å². The number of hydrogen-bond donors (Lipinski definition) is 2. The topological polar surface area (TPSA) is 24.1 Å². The van der Waals surface area contributed by atoms with Crippen molar-refractivity contribution < 1.29 is 0 Å². The third kappa shape index (κ3) is 3.06. The lowest BCUT2D eigenvalue weighted by Gasteiger charge is -2.11. The van der Waals surface area contributed by atoms with Crippen molar-refractivity contribution in [1.82, 2.24) is 10.6 Å². The lowest BCUT2D eigenvalue weighted by molar-refractivity contribution is 0.535. The van der Waals surface area contributed by atoms with Crippen LogP contribution in [0.4, 0.5) is 0 Å². The minimum absolute atomic E-state index is 0.775. The minimum Gasteiger partial charge on any atom is -0.366 e. The second kappa shape index (κ2) is 4.54. The number of hydrogen-bond acceptors (Lipinski definition) is 1. The van der Waals surface area contributed by atoms with Crippen molar-refractivity contribution in [2.24, 2.45) is 5.92 Å². The van der Waals surface area contributed by atoms with E-state index in [-0.39, 0.29) is 0 Å². The van der Waals surface area contributed by atoms with Gasteiger partial charge < -0.3 is 10.6 Å². The molecular weight excluding hydrogens is 156 g/mol. The zero-order valence-electron chi connectivity index (χ0n) is 7.02. The van der Waals surface area contributed by atoms with Crippen molar-refractivity contribution in [3.8, 4) is 0 Å². The van der Waals surface area contributed by atoms with Crippen LogP contribution in [0, 0.1) is 5.92 Å². The van der Waals surface area contributed by atoms with Crippen LogP contribution in [0.15, 0.2) is 0 Å². The molecule has 11 heavy (non-hydrogen) atoms. The Balaban J connectivity index is 2.06. The molecule has 1 rings (SSSR count). The molecule has 0 aliphatic heterocycles. The van der Waals surface area contributed by atoms with Crippen LogP contribution in [0.3, 0.4) is 0 Å². The molecule has 0 aromatic rings. The summed E-state index contributed by atoms with van der Waals surface area (Å²) in [6, 6.07) is 0.